The third-order valence-corrected chi connectivity index (χ3v) is 2.86. The van der Waals surface area contributed by atoms with E-state index in [0.29, 0.717) is 11.8 Å². The summed E-state index contributed by atoms with van der Waals surface area (Å²) in [5.74, 6) is -10.6. The van der Waals surface area contributed by atoms with Gasteiger partial charge in [-0.3, -0.25) is 4.79 Å². The van der Waals surface area contributed by atoms with E-state index in [4.69, 9.17) is 0 Å². The van der Waals surface area contributed by atoms with E-state index in [9.17, 15) is 39.9 Å². The normalized spacial score (nSPS) is 15.4. The van der Waals surface area contributed by atoms with Crippen molar-refractivity contribution in [1.82, 2.24) is 0 Å². The van der Waals surface area contributed by atoms with E-state index in [1.165, 1.54) is 0 Å². The number of rotatable bonds is 6. The van der Waals surface area contributed by atoms with Crippen LogP contribution in [0.15, 0.2) is 0 Å². The smallest absolute Gasteiger partial charge is 0.288 e. The molecule has 0 bridgehead atoms. The van der Waals surface area contributed by atoms with Gasteiger partial charge in [0.15, 0.2) is 5.12 Å². The van der Waals surface area contributed by atoms with Crippen molar-refractivity contribution in [3.8, 4) is 0 Å². The van der Waals surface area contributed by atoms with Crippen molar-refractivity contribution >= 4 is 16.9 Å². The highest BCUT2D eigenvalue weighted by atomic mass is 32.2. The molecule has 0 amide bonds. The summed E-state index contributed by atoms with van der Waals surface area (Å²) in [5.41, 5.74) is 0. The van der Waals surface area contributed by atoms with Crippen molar-refractivity contribution in [3.63, 3.8) is 0 Å². The Labute approximate surface area is 107 Å². The molecule has 0 aromatic rings. The Morgan fingerprint density at radius 1 is 1.05 bits per heavy atom. The van der Waals surface area contributed by atoms with Gasteiger partial charge < -0.3 is 0 Å². The molecular formula is C9H10F8OS. The molecule has 19 heavy (non-hydrogen) atoms. The fourth-order valence-electron chi connectivity index (χ4n) is 0.996. The van der Waals surface area contributed by atoms with Gasteiger partial charge in [-0.2, -0.15) is 30.7 Å². The maximum Gasteiger partial charge on any atom is 0.419 e. The van der Waals surface area contributed by atoms with Crippen LogP contribution in [0.2, 0.25) is 0 Å². The summed E-state index contributed by atoms with van der Waals surface area (Å²) in [6, 6.07) is 0. The quantitative estimate of drug-likeness (QED) is 0.682. The van der Waals surface area contributed by atoms with Gasteiger partial charge in [0, 0.05) is 19.1 Å². The molecule has 0 saturated heterocycles. The van der Waals surface area contributed by atoms with Crippen LogP contribution >= 0.6 is 11.8 Å². The number of thioether (sulfide) groups is 1. The lowest BCUT2D eigenvalue weighted by molar-refractivity contribution is -0.248. The summed E-state index contributed by atoms with van der Waals surface area (Å²) in [6.07, 6.45) is -13.8. The number of hydrogen-bond donors (Lipinski definition) is 0. The molecule has 0 fully saturated rings. The first-order chi connectivity index (χ1) is 8.29. The zero-order valence-electron chi connectivity index (χ0n) is 9.54. The molecule has 0 heterocycles. The molecule has 0 aromatic carbocycles. The van der Waals surface area contributed by atoms with Gasteiger partial charge in [0.05, 0.1) is 6.42 Å². The zero-order valence-corrected chi connectivity index (χ0v) is 10.4. The average Bonchev–Trinajstić information content (AvgIpc) is 2.13. The summed E-state index contributed by atoms with van der Waals surface area (Å²) in [5, 5.41) is -0.599. The summed E-state index contributed by atoms with van der Waals surface area (Å²) >= 11 is 0.330. The number of carbonyl (C=O) groups is 1. The van der Waals surface area contributed by atoms with E-state index in [0.717, 1.165) is 6.92 Å². The minimum atomic E-state index is -5.62. The van der Waals surface area contributed by atoms with E-state index < -0.39 is 47.9 Å². The van der Waals surface area contributed by atoms with E-state index in [1.54, 1.807) is 0 Å². The van der Waals surface area contributed by atoms with Crippen molar-refractivity contribution in [3.05, 3.63) is 0 Å². The fraction of sp³-hybridized carbons (Fsp3) is 0.889. The lowest BCUT2D eigenvalue weighted by atomic mass is 10.0. The predicted molar refractivity (Wildman–Crippen MR) is 53.2 cm³/mol. The van der Waals surface area contributed by atoms with Crippen LogP contribution in [0.5, 0.6) is 0 Å². The average molecular weight is 318 g/mol. The van der Waals surface area contributed by atoms with Crippen LogP contribution in [0.3, 0.4) is 0 Å². The van der Waals surface area contributed by atoms with Crippen LogP contribution in [0.25, 0.3) is 0 Å². The van der Waals surface area contributed by atoms with Gasteiger partial charge in [-0.05, 0) is 0 Å². The number of carbonyl (C=O) groups excluding carboxylic acids is 1. The van der Waals surface area contributed by atoms with E-state index in [-0.39, 0.29) is 0 Å². The Morgan fingerprint density at radius 3 is 1.89 bits per heavy atom. The van der Waals surface area contributed by atoms with Crippen LogP contribution < -0.4 is 0 Å². The fourth-order valence-corrected chi connectivity index (χ4v) is 1.64. The molecule has 0 aliphatic heterocycles. The zero-order chi connectivity index (χ0) is 15.5. The van der Waals surface area contributed by atoms with Crippen LogP contribution in [0, 0.1) is 0 Å². The molecule has 1 unspecified atom stereocenters. The molecule has 0 spiro atoms. The van der Waals surface area contributed by atoms with Gasteiger partial charge >= 0.3 is 18.0 Å². The molecule has 114 valence electrons. The molecule has 10 heteroatoms. The molecular weight excluding hydrogens is 308 g/mol. The Bertz CT molecular complexity index is 314. The van der Waals surface area contributed by atoms with Crippen molar-refractivity contribution < 1.29 is 39.9 Å². The van der Waals surface area contributed by atoms with Gasteiger partial charge in [0.1, 0.15) is 0 Å². The highest BCUT2D eigenvalue weighted by Crippen LogP contribution is 2.43. The Hall–Kier alpha value is -0.540. The molecule has 0 saturated carbocycles. The first-order valence-electron chi connectivity index (χ1n) is 4.89. The second-order valence-corrected chi connectivity index (χ2v) is 4.98. The molecule has 0 aliphatic rings. The Kier molecular flexibility index (Phi) is 6.10. The van der Waals surface area contributed by atoms with E-state index >= 15 is 0 Å². The lowest BCUT2D eigenvalue weighted by Crippen LogP contribution is -2.45. The predicted octanol–water partition coefficient (Wildman–Crippen LogP) is 4.22. The Morgan fingerprint density at radius 2 is 1.53 bits per heavy atom. The number of halogens is 8. The molecule has 0 aliphatic carbocycles. The van der Waals surface area contributed by atoms with Crippen LogP contribution in [0.1, 0.15) is 19.8 Å². The standard InChI is InChI=1S/C9H10F8OS/c1-5(18)19-3-2-7(11,12)8(13,14)4-6(10)9(15,16)17/h6H,2-4H2,1H3. The Balaban J connectivity index is 4.63. The largest absolute Gasteiger partial charge is 0.419 e. The van der Waals surface area contributed by atoms with E-state index in [1.807, 2.05) is 0 Å². The third-order valence-electron chi connectivity index (χ3n) is 2.05. The highest BCUT2D eigenvalue weighted by Gasteiger charge is 2.59. The topological polar surface area (TPSA) is 17.1 Å². The summed E-state index contributed by atoms with van der Waals surface area (Å²) < 4.78 is 99.4. The van der Waals surface area contributed by atoms with Crippen LogP contribution in [0.4, 0.5) is 35.1 Å². The van der Waals surface area contributed by atoms with Gasteiger partial charge in [0.2, 0.25) is 6.17 Å². The van der Waals surface area contributed by atoms with E-state index in [2.05, 4.69) is 0 Å². The minimum Gasteiger partial charge on any atom is -0.288 e. The van der Waals surface area contributed by atoms with Gasteiger partial charge in [-0.1, -0.05) is 11.8 Å². The second kappa shape index (κ2) is 6.27. The molecule has 1 nitrogen and oxygen atoms in total. The van der Waals surface area contributed by atoms with Crippen molar-refractivity contribution in [1.29, 1.82) is 0 Å². The van der Waals surface area contributed by atoms with Crippen molar-refractivity contribution in [2.24, 2.45) is 0 Å². The summed E-state index contributed by atoms with van der Waals surface area (Å²) in [6.45, 7) is 1.02. The van der Waals surface area contributed by atoms with Gasteiger partial charge in [0.25, 0.3) is 0 Å². The van der Waals surface area contributed by atoms with Crippen molar-refractivity contribution in [2.75, 3.05) is 5.75 Å². The first-order valence-corrected chi connectivity index (χ1v) is 5.88. The lowest BCUT2D eigenvalue weighted by Gasteiger charge is -2.28. The SMILES string of the molecule is CC(=O)SCCC(F)(F)C(F)(F)CC(F)C(F)(F)F. The van der Waals surface area contributed by atoms with Gasteiger partial charge in [-0.25, -0.2) is 4.39 Å². The third kappa shape index (κ3) is 5.96. The maximum absolute atomic E-state index is 13.0. The van der Waals surface area contributed by atoms with Crippen LogP contribution in [-0.4, -0.2) is 35.1 Å². The summed E-state index contributed by atoms with van der Waals surface area (Å²) in [4.78, 5) is 10.4. The first kappa shape index (κ1) is 18.5. The molecule has 0 aromatic heterocycles. The minimum absolute atomic E-state index is 0.330. The molecule has 0 radical (unpaired) electrons. The molecule has 1 atom stereocenters. The molecule has 0 rings (SSSR count). The van der Waals surface area contributed by atoms with Crippen LogP contribution in [-0.2, 0) is 4.79 Å². The number of hydrogen-bond acceptors (Lipinski definition) is 2. The maximum atomic E-state index is 13.0. The van der Waals surface area contributed by atoms with Gasteiger partial charge in [-0.15, -0.1) is 0 Å². The summed E-state index contributed by atoms with van der Waals surface area (Å²) in [7, 11) is 0. The second-order valence-electron chi connectivity index (χ2n) is 3.71. The monoisotopic (exact) mass is 318 g/mol. The molecule has 0 N–H and O–H groups in total. The van der Waals surface area contributed by atoms with Crippen molar-refractivity contribution in [2.45, 2.75) is 44.0 Å². The number of alkyl halides is 8. The highest BCUT2D eigenvalue weighted by molar-refractivity contribution is 8.13.